The van der Waals surface area contributed by atoms with E-state index in [0.717, 1.165) is 29.8 Å². The highest BCUT2D eigenvalue weighted by atomic mass is 16.5. The van der Waals surface area contributed by atoms with Crippen molar-refractivity contribution in [1.29, 1.82) is 0 Å². The SMILES string of the molecule is COc1ccc(C(OC=O)C2(c3ccccc3)NCCC2CC(=O)c2ccccc2)cc1. The summed E-state index contributed by atoms with van der Waals surface area (Å²) in [6, 6.07) is 26.8. The normalized spacial score (nSPS) is 21.0. The van der Waals surface area contributed by atoms with Gasteiger partial charge in [0.1, 0.15) is 11.9 Å². The summed E-state index contributed by atoms with van der Waals surface area (Å²) in [6.07, 6.45) is 0.535. The van der Waals surface area contributed by atoms with Crippen LogP contribution in [-0.4, -0.2) is 25.9 Å². The second-order valence-electron chi connectivity index (χ2n) is 8.03. The van der Waals surface area contributed by atoms with Crippen molar-refractivity contribution in [2.45, 2.75) is 24.5 Å². The Morgan fingerprint density at radius 3 is 2.31 bits per heavy atom. The molecule has 0 radical (unpaired) electrons. The van der Waals surface area contributed by atoms with Gasteiger partial charge in [-0.3, -0.25) is 9.59 Å². The molecular weight excluding hydrogens is 402 g/mol. The molecule has 0 spiro atoms. The maximum Gasteiger partial charge on any atom is 0.293 e. The van der Waals surface area contributed by atoms with Crippen molar-refractivity contribution in [2.24, 2.45) is 5.92 Å². The molecule has 0 amide bonds. The molecule has 3 atom stereocenters. The van der Waals surface area contributed by atoms with Gasteiger partial charge in [0.25, 0.3) is 6.47 Å². The number of rotatable bonds is 9. The smallest absolute Gasteiger partial charge is 0.293 e. The zero-order chi connectivity index (χ0) is 22.4. The topological polar surface area (TPSA) is 64.6 Å². The van der Waals surface area contributed by atoms with Crippen LogP contribution in [0.2, 0.25) is 0 Å². The molecule has 0 bridgehead atoms. The highest BCUT2D eigenvalue weighted by Crippen LogP contribution is 2.49. The van der Waals surface area contributed by atoms with Gasteiger partial charge < -0.3 is 14.8 Å². The van der Waals surface area contributed by atoms with Crippen molar-refractivity contribution in [2.75, 3.05) is 13.7 Å². The van der Waals surface area contributed by atoms with E-state index in [1.54, 1.807) is 7.11 Å². The second-order valence-corrected chi connectivity index (χ2v) is 8.03. The second kappa shape index (κ2) is 9.79. The summed E-state index contributed by atoms with van der Waals surface area (Å²) in [6.45, 7) is 1.21. The van der Waals surface area contributed by atoms with E-state index in [-0.39, 0.29) is 11.7 Å². The van der Waals surface area contributed by atoms with Crippen LogP contribution in [0.1, 0.15) is 40.4 Å². The Labute approximate surface area is 188 Å². The van der Waals surface area contributed by atoms with Gasteiger partial charge in [0.15, 0.2) is 5.78 Å². The molecule has 1 saturated heterocycles. The number of hydrogen-bond acceptors (Lipinski definition) is 5. The number of carbonyl (C=O) groups is 2. The largest absolute Gasteiger partial charge is 0.497 e. The summed E-state index contributed by atoms with van der Waals surface area (Å²) in [5, 5.41) is 3.64. The first-order valence-corrected chi connectivity index (χ1v) is 10.8. The number of nitrogens with one attached hydrogen (secondary N) is 1. The van der Waals surface area contributed by atoms with E-state index in [4.69, 9.17) is 9.47 Å². The number of ether oxygens (including phenoxy) is 2. The molecule has 4 rings (SSSR count). The van der Waals surface area contributed by atoms with E-state index in [1.807, 2.05) is 84.9 Å². The molecule has 0 aliphatic carbocycles. The molecule has 3 unspecified atom stereocenters. The molecule has 5 nitrogen and oxygen atoms in total. The average molecular weight is 430 g/mol. The molecule has 3 aromatic carbocycles. The first-order chi connectivity index (χ1) is 15.7. The van der Waals surface area contributed by atoms with E-state index < -0.39 is 11.6 Å². The third kappa shape index (κ3) is 4.16. The lowest BCUT2D eigenvalue weighted by Gasteiger charge is -2.42. The van der Waals surface area contributed by atoms with Gasteiger partial charge in [-0.2, -0.15) is 0 Å². The van der Waals surface area contributed by atoms with Gasteiger partial charge in [-0.15, -0.1) is 0 Å². The van der Waals surface area contributed by atoms with E-state index in [9.17, 15) is 9.59 Å². The highest BCUT2D eigenvalue weighted by molar-refractivity contribution is 5.96. The van der Waals surface area contributed by atoms with Crippen LogP contribution in [0.4, 0.5) is 0 Å². The number of Topliss-reactive ketones (excluding diaryl/α,β-unsaturated/α-hetero) is 1. The number of carbonyl (C=O) groups excluding carboxylic acids is 2. The van der Waals surface area contributed by atoms with Crippen molar-refractivity contribution in [3.05, 3.63) is 102 Å². The van der Waals surface area contributed by atoms with Crippen LogP contribution in [0.25, 0.3) is 0 Å². The third-order valence-corrected chi connectivity index (χ3v) is 6.36. The van der Waals surface area contributed by atoms with Gasteiger partial charge in [0, 0.05) is 12.0 Å². The molecule has 1 aliphatic rings. The first-order valence-electron chi connectivity index (χ1n) is 10.8. The summed E-state index contributed by atoms with van der Waals surface area (Å²) in [5.74, 6) is 0.742. The molecule has 1 N–H and O–H groups in total. The number of hydrogen-bond donors (Lipinski definition) is 1. The molecule has 32 heavy (non-hydrogen) atoms. The van der Waals surface area contributed by atoms with E-state index in [1.165, 1.54) is 0 Å². The van der Waals surface area contributed by atoms with Gasteiger partial charge in [0.2, 0.25) is 0 Å². The molecule has 0 saturated carbocycles. The minimum atomic E-state index is -0.735. The van der Waals surface area contributed by atoms with Crippen LogP contribution < -0.4 is 10.1 Å². The maximum atomic E-state index is 13.2. The van der Waals surface area contributed by atoms with Gasteiger partial charge >= 0.3 is 0 Å². The van der Waals surface area contributed by atoms with E-state index >= 15 is 0 Å². The Kier molecular flexibility index (Phi) is 6.66. The molecule has 1 heterocycles. The van der Waals surface area contributed by atoms with Crippen molar-refractivity contribution < 1.29 is 19.1 Å². The molecule has 164 valence electrons. The fraction of sp³-hybridized carbons (Fsp3) is 0.259. The fourth-order valence-electron chi connectivity index (χ4n) is 4.85. The lowest BCUT2D eigenvalue weighted by molar-refractivity contribution is -0.140. The Morgan fingerprint density at radius 2 is 1.69 bits per heavy atom. The standard InChI is InChI=1S/C27H27NO4/c1-31-24-14-12-21(13-15-24)26(32-19-29)27(22-10-6-3-7-11-22)23(16-17-28-27)18-25(30)20-8-4-2-5-9-20/h2-15,19,23,26,28H,16-18H2,1H3. The van der Waals surface area contributed by atoms with Crippen molar-refractivity contribution in [3.63, 3.8) is 0 Å². The lowest BCUT2D eigenvalue weighted by Crippen LogP contribution is -2.48. The monoisotopic (exact) mass is 429 g/mol. The molecule has 5 heteroatoms. The zero-order valence-corrected chi connectivity index (χ0v) is 18.1. The average Bonchev–Trinajstić information content (AvgIpc) is 3.27. The van der Waals surface area contributed by atoms with Gasteiger partial charge in [-0.1, -0.05) is 72.8 Å². The third-order valence-electron chi connectivity index (χ3n) is 6.36. The Hall–Kier alpha value is -3.44. The summed E-state index contributed by atoms with van der Waals surface area (Å²) < 4.78 is 11.1. The van der Waals surface area contributed by atoms with Gasteiger partial charge in [-0.05, 0) is 42.1 Å². The quantitative estimate of drug-likeness (QED) is 0.395. The molecule has 0 aromatic heterocycles. The highest BCUT2D eigenvalue weighted by Gasteiger charge is 2.52. The van der Waals surface area contributed by atoms with Crippen molar-refractivity contribution >= 4 is 12.3 Å². The van der Waals surface area contributed by atoms with Crippen LogP contribution in [0.3, 0.4) is 0 Å². The minimum absolute atomic E-state index is 0.0651. The van der Waals surface area contributed by atoms with Crippen LogP contribution in [0.15, 0.2) is 84.9 Å². The van der Waals surface area contributed by atoms with E-state index in [0.29, 0.717) is 18.5 Å². The Bertz CT molecular complexity index is 1040. The lowest BCUT2D eigenvalue weighted by atomic mass is 9.71. The predicted molar refractivity (Wildman–Crippen MR) is 123 cm³/mol. The summed E-state index contributed by atoms with van der Waals surface area (Å²) in [5.41, 5.74) is 1.79. The van der Waals surface area contributed by atoms with Crippen molar-refractivity contribution in [3.8, 4) is 5.75 Å². The van der Waals surface area contributed by atoms with Crippen molar-refractivity contribution in [1.82, 2.24) is 5.32 Å². The fourth-order valence-corrected chi connectivity index (χ4v) is 4.85. The van der Waals surface area contributed by atoms with Gasteiger partial charge in [0.05, 0.1) is 12.6 Å². The minimum Gasteiger partial charge on any atom is -0.497 e. The summed E-state index contributed by atoms with van der Waals surface area (Å²) in [7, 11) is 1.61. The molecule has 1 aliphatic heterocycles. The van der Waals surface area contributed by atoms with Crippen LogP contribution >= 0.6 is 0 Å². The Morgan fingerprint density at radius 1 is 1.03 bits per heavy atom. The summed E-state index contributed by atoms with van der Waals surface area (Å²) in [4.78, 5) is 24.8. The van der Waals surface area contributed by atoms with Crippen LogP contribution in [0, 0.1) is 5.92 Å². The zero-order valence-electron chi connectivity index (χ0n) is 18.1. The van der Waals surface area contributed by atoms with E-state index in [2.05, 4.69) is 5.32 Å². The number of benzene rings is 3. The number of ketones is 1. The summed E-state index contributed by atoms with van der Waals surface area (Å²) >= 11 is 0. The first kappa shape index (κ1) is 21.8. The maximum absolute atomic E-state index is 13.2. The van der Waals surface area contributed by atoms with Crippen LogP contribution in [-0.2, 0) is 15.1 Å². The number of methoxy groups -OCH3 is 1. The van der Waals surface area contributed by atoms with Gasteiger partial charge in [-0.25, -0.2) is 0 Å². The Balaban J connectivity index is 1.78. The van der Waals surface area contributed by atoms with Crippen LogP contribution in [0.5, 0.6) is 5.75 Å². The molecule has 1 fully saturated rings. The molecular formula is C27H27NO4. The predicted octanol–water partition coefficient (Wildman–Crippen LogP) is 4.69. The molecule has 3 aromatic rings.